The van der Waals surface area contributed by atoms with E-state index >= 15 is 0 Å². The van der Waals surface area contributed by atoms with E-state index in [1.165, 1.54) is 30.2 Å². The van der Waals surface area contributed by atoms with Crippen molar-refractivity contribution >= 4 is 27.3 Å². The quantitative estimate of drug-likeness (QED) is 0.660. The molecule has 0 aromatic heterocycles. The number of sulfone groups is 1. The van der Waals surface area contributed by atoms with Gasteiger partial charge in [0.2, 0.25) is 0 Å². The zero-order chi connectivity index (χ0) is 21.0. The van der Waals surface area contributed by atoms with Crippen LogP contribution in [0.15, 0.2) is 42.5 Å². The third kappa shape index (κ3) is 5.19. The van der Waals surface area contributed by atoms with E-state index < -0.39 is 27.6 Å². The second kappa shape index (κ2) is 9.00. The van der Waals surface area contributed by atoms with E-state index in [2.05, 4.69) is 0 Å². The Morgan fingerprint density at radius 3 is 2.55 bits per heavy atom. The number of hydrogen-bond acceptors (Lipinski definition) is 5. The molecule has 29 heavy (non-hydrogen) atoms. The number of nitrogens with zero attached hydrogens (tertiary/aromatic N) is 1. The highest BCUT2D eigenvalue weighted by molar-refractivity contribution is 7.91. The molecular weight excluding hydrogens is 421 g/mol. The molecule has 0 saturated carbocycles. The summed E-state index contributed by atoms with van der Waals surface area (Å²) < 4.78 is 48.9. The fraction of sp³-hybridized carbons (Fsp3) is 0.350. The summed E-state index contributed by atoms with van der Waals surface area (Å²) in [6.07, 6.45) is 0.287. The maximum atomic E-state index is 14.3. The molecule has 0 aliphatic carbocycles. The number of halogens is 2. The summed E-state index contributed by atoms with van der Waals surface area (Å²) in [4.78, 5) is 14.3. The standard InChI is InChI=1S/C20H21ClFNO5S/c1-27-18-7-2-3-8-19(18)28-12-20(24)23(14-9-10-29(25,26)13-14)11-15-16(21)5-4-6-17(15)22/h2-8,14H,9-13H2,1H3/t14-/m0/s1. The van der Waals surface area contributed by atoms with Crippen molar-refractivity contribution in [2.24, 2.45) is 0 Å². The van der Waals surface area contributed by atoms with Gasteiger partial charge in [-0.1, -0.05) is 29.8 Å². The van der Waals surface area contributed by atoms with Gasteiger partial charge in [0, 0.05) is 16.6 Å². The molecule has 1 heterocycles. The van der Waals surface area contributed by atoms with Gasteiger partial charge in [0.1, 0.15) is 5.82 Å². The molecule has 0 radical (unpaired) electrons. The molecule has 2 aromatic carbocycles. The number of methoxy groups -OCH3 is 1. The molecule has 1 aliphatic heterocycles. The lowest BCUT2D eigenvalue weighted by atomic mass is 10.1. The Morgan fingerprint density at radius 2 is 1.93 bits per heavy atom. The molecule has 0 N–H and O–H groups in total. The van der Waals surface area contributed by atoms with Crippen molar-refractivity contribution in [3.8, 4) is 11.5 Å². The molecule has 0 spiro atoms. The lowest BCUT2D eigenvalue weighted by Crippen LogP contribution is -2.43. The summed E-state index contributed by atoms with van der Waals surface area (Å²) in [7, 11) is -1.76. The van der Waals surface area contributed by atoms with Gasteiger partial charge in [-0.3, -0.25) is 4.79 Å². The van der Waals surface area contributed by atoms with Gasteiger partial charge in [0.15, 0.2) is 27.9 Å². The Morgan fingerprint density at radius 1 is 1.21 bits per heavy atom. The number of ether oxygens (including phenoxy) is 2. The van der Waals surface area contributed by atoms with Crippen LogP contribution in [0, 0.1) is 5.82 Å². The van der Waals surface area contributed by atoms with Crippen LogP contribution in [0.5, 0.6) is 11.5 Å². The molecule has 3 rings (SSSR count). The van der Waals surface area contributed by atoms with Gasteiger partial charge in [-0.25, -0.2) is 12.8 Å². The van der Waals surface area contributed by atoms with Crippen LogP contribution < -0.4 is 9.47 Å². The van der Waals surface area contributed by atoms with Gasteiger partial charge in [0.05, 0.1) is 25.2 Å². The molecule has 6 nitrogen and oxygen atoms in total. The Labute approximate surface area is 174 Å². The molecule has 156 valence electrons. The van der Waals surface area contributed by atoms with Crippen molar-refractivity contribution in [2.75, 3.05) is 25.2 Å². The first-order chi connectivity index (χ1) is 13.8. The zero-order valence-corrected chi connectivity index (χ0v) is 17.4. The second-order valence-corrected chi connectivity index (χ2v) is 9.35. The second-order valence-electron chi connectivity index (χ2n) is 6.72. The topological polar surface area (TPSA) is 72.9 Å². The molecule has 0 unspecified atom stereocenters. The fourth-order valence-electron chi connectivity index (χ4n) is 3.26. The average molecular weight is 442 g/mol. The van der Waals surface area contributed by atoms with Crippen LogP contribution in [-0.4, -0.2) is 50.5 Å². The minimum Gasteiger partial charge on any atom is -0.493 e. The fourth-order valence-corrected chi connectivity index (χ4v) is 5.21. The van der Waals surface area contributed by atoms with Gasteiger partial charge in [-0.15, -0.1) is 0 Å². The summed E-state index contributed by atoms with van der Waals surface area (Å²) in [5.41, 5.74) is 0.143. The highest BCUT2D eigenvalue weighted by Gasteiger charge is 2.35. The molecule has 1 saturated heterocycles. The van der Waals surface area contributed by atoms with Crippen LogP contribution in [0.1, 0.15) is 12.0 Å². The van der Waals surface area contributed by atoms with Crippen molar-refractivity contribution in [3.05, 3.63) is 58.9 Å². The van der Waals surface area contributed by atoms with E-state index in [-0.39, 0.29) is 41.7 Å². The third-order valence-corrected chi connectivity index (χ3v) is 6.88. The number of amides is 1. The lowest BCUT2D eigenvalue weighted by Gasteiger charge is -2.29. The monoisotopic (exact) mass is 441 g/mol. The van der Waals surface area contributed by atoms with Crippen LogP contribution in [0.25, 0.3) is 0 Å². The number of rotatable bonds is 7. The Bertz CT molecular complexity index is 978. The third-order valence-electron chi connectivity index (χ3n) is 4.78. The first kappa shape index (κ1) is 21.4. The normalized spacial score (nSPS) is 17.7. The van der Waals surface area contributed by atoms with Gasteiger partial charge >= 0.3 is 0 Å². The molecule has 2 aromatic rings. The minimum atomic E-state index is -3.25. The summed E-state index contributed by atoms with van der Waals surface area (Å²) in [5, 5.41) is 0.175. The minimum absolute atomic E-state index is 0.0141. The molecule has 1 amide bonds. The number of hydrogen-bond donors (Lipinski definition) is 0. The Hall–Kier alpha value is -2.32. The van der Waals surface area contributed by atoms with E-state index in [4.69, 9.17) is 21.1 Å². The van der Waals surface area contributed by atoms with E-state index in [0.717, 1.165) is 0 Å². The highest BCUT2D eigenvalue weighted by atomic mass is 35.5. The maximum absolute atomic E-state index is 14.3. The van der Waals surface area contributed by atoms with Gasteiger partial charge < -0.3 is 14.4 Å². The van der Waals surface area contributed by atoms with E-state index in [0.29, 0.717) is 11.5 Å². The van der Waals surface area contributed by atoms with Crippen molar-refractivity contribution in [1.82, 2.24) is 4.90 Å². The molecule has 1 fully saturated rings. The van der Waals surface area contributed by atoms with Crippen molar-refractivity contribution in [3.63, 3.8) is 0 Å². The Balaban J connectivity index is 1.81. The van der Waals surface area contributed by atoms with Crippen LogP contribution >= 0.6 is 11.6 Å². The summed E-state index contributed by atoms with van der Waals surface area (Å²) in [6, 6.07) is 10.5. The maximum Gasteiger partial charge on any atom is 0.261 e. The molecule has 0 bridgehead atoms. The van der Waals surface area contributed by atoms with Gasteiger partial charge in [0.25, 0.3) is 5.91 Å². The molecule has 9 heteroatoms. The van der Waals surface area contributed by atoms with Crippen LogP contribution in [0.2, 0.25) is 5.02 Å². The number of benzene rings is 2. The smallest absolute Gasteiger partial charge is 0.261 e. The number of carbonyl (C=O) groups excluding carboxylic acids is 1. The molecule has 1 aliphatic rings. The first-order valence-corrected chi connectivity index (χ1v) is 11.2. The summed E-state index contributed by atoms with van der Waals surface area (Å²) in [5.74, 6) is -0.350. The van der Waals surface area contributed by atoms with E-state index in [1.54, 1.807) is 24.3 Å². The predicted molar refractivity (Wildman–Crippen MR) is 108 cm³/mol. The highest BCUT2D eigenvalue weighted by Crippen LogP contribution is 2.28. The van der Waals surface area contributed by atoms with E-state index in [9.17, 15) is 17.6 Å². The average Bonchev–Trinajstić information content (AvgIpc) is 3.05. The predicted octanol–water partition coefficient (Wildman–Crippen LogP) is 3.08. The zero-order valence-electron chi connectivity index (χ0n) is 15.8. The molecular formula is C20H21ClFNO5S. The van der Waals surface area contributed by atoms with Crippen LogP contribution in [0.3, 0.4) is 0 Å². The largest absolute Gasteiger partial charge is 0.493 e. The van der Waals surface area contributed by atoms with Crippen molar-refractivity contribution in [1.29, 1.82) is 0 Å². The SMILES string of the molecule is COc1ccccc1OCC(=O)N(Cc1c(F)cccc1Cl)[C@H]1CCS(=O)(=O)C1. The van der Waals surface area contributed by atoms with Gasteiger partial charge in [-0.2, -0.15) is 0 Å². The number of carbonyl (C=O) groups is 1. The van der Waals surface area contributed by atoms with Crippen molar-refractivity contribution in [2.45, 2.75) is 19.0 Å². The first-order valence-electron chi connectivity index (χ1n) is 8.99. The van der Waals surface area contributed by atoms with Crippen molar-refractivity contribution < 1.29 is 27.1 Å². The summed E-state index contributed by atoms with van der Waals surface area (Å²) >= 11 is 6.11. The summed E-state index contributed by atoms with van der Waals surface area (Å²) in [6.45, 7) is -0.483. The lowest BCUT2D eigenvalue weighted by molar-refractivity contribution is -0.136. The Kier molecular flexibility index (Phi) is 6.64. The molecule has 1 atom stereocenters. The van der Waals surface area contributed by atoms with Gasteiger partial charge in [-0.05, 0) is 30.7 Å². The van der Waals surface area contributed by atoms with Crippen LogP contribution in [-0.2, 0) is 21.2 Å². The number of para-hydroxylation sites is 2. The van der Waals surface area contributed by atoms with Crippen LogP contribution in [0.4, 0.5) is 4.39 Å². The van der Waals surface area contributed by atoms with E-state index in [1.807, 2.05) is 0 Å².